The van der Waals surface area contributed by atoms with Crippen molar-refractivity contribution in [2.75, 3.05) is 7.05 Å². The highest BCUT2D eigenvalue weighted by molar-refractivity contribution is 6.89. The first-order valence-electron chi connectivity index (χ1n) is 10.6. The Labute approximate surface area is 177 Å². The van der Waals surface area contributed by atoms with Crippen molar-refractivity contribution in [3.05, 3.63) is 108 Å². The lowest BCUT2D eigenvalue weighted by Crippen LogP contribution is -2.42. The normalized spacial score (nSPS) is 13.1. The van der Waals surface area contributed by atoms with Crippen molar-refractivity contribution in [3.8, 4) is 0 Å². The van der Waals surface area contributed by atoms with Gasteiger partial charge in [0.2, 0.25) is 0 Å². The molecule has 2 heteroatoms. The maximum absolute atomic E-state index is 2.50. The van der Waals surface area contributed by atoms with Crippen LogP contribution >= 0.6 is 0 Å². The summed E-state index contributed by atoms with van der Waals surface area (Å²) in [6.45, 7) is 5.97. The monoisotopic (exact) mass is 399 g/mol. The van der Waals surface area contributed by atoms with Gasteiger partial charge >= 0.3 is 0 Å². The second-order valence-electron chi connectivity index (χ2n) is 8.53. The van der Waals surface area contributed by atoms with Crippen LogP contribution in [0, 0.1) is 0 Å². The van der Waals surface area contributed by atoms with E-state index in [1.54, 1.807) is 5.19 Å². The summed E-state index contributed by atoms with van der Waals surface area (Å²) in [6, 6.07) is 34.2. The zero-order valence-electron chi connectivity index (χ0n) is 18.0. The third-order valence-electron chi connectivity index (χ3n) is 5.77. The lowest BCUT2D eigenvalue weighted by Gasteiger charge is -2.30. The molecule has 0 unspecified atom stereocenters. The molecular formula is C27H33NSi. The zero-order valence-corrected chi connectivity index (χ0v) is 19.0. The second-order valence-corrected chi connectivity index (χ2v) is 13.4. The highest BCUT2D eigenvalue weighted by Gasteiger charge is 2.25. The smallest absolute Gasteiger partial charge is 0.0807 e. The zero-order chi connectivity index (χ0) is 20.5. The van der Waals surface area contributed by atoms with Crippen LogP contribution in [0.25, 0.3) is 6.08 Å². The van der Waals surface area contributed by atoms with Gasteiger partial charge in [0.05, 0.1) is 8.07 Å². The predicted octanol–water partition coefficient (Wildman–Crippen LogP) is 6.21. The Morgan fingerprint density at radius 1 is 0.793 bits per heavy atom. The molecule has 0 saturated heterocycles. The Morgan fingerprint density at radius 3 is 1.97 bits per heavy atom. The average Bonchev–Trinajstić information content (AvgIpc) is 2.75. The molecule has 0 amide bonds. The van der Waals surface area contributed by atoms with Gasteiger partial charge in [-0.3, -0.25) is 4.90 Å². The van der Waals surface area contributed by atoms with E-state index < -0.39 is 8.07 Å². The second kappa shape index (κ2) is 10.4. The van der Waals surface area contributed by atoms with Gasteiger partial charge in [0.1, 0.15) is 0 Å². The fourth-order valence-corrected chi connectivity index (χ4v) is 6.18. The molecule has 150 valence electrons. The van der Waals surface area contributed by atoms with Crippen LogP contribution in [0.2, 0.25) is 19.1 Å². The number of benzene rings is 3. The highest BCUT2D eigenvalue weighted by atomic mass is 28.3. The molecule has 29 heavy (non-hydrogen) atoms. The molecule has 0 fully saturated rings. The Kier molecular flexibility index (Phi) is 7.62. The van der Waals surface area contributed by atoms with Crippen LogP contribution in [0.15, 0.2) is 97.1 Å². The molecule has 0 bridgehead atoms. The van der Waals surface area contributed by atoms with Gasteiger partial charge in [-0.2, -0.15) is 0 Å². The van der Waals surface area contributed by atoms with Gasteiger partial charge in [0.25, 0.3) is 0 Å². The first-order valence-corrected chi connectivity index (χ1v) is 13.8. The summed E-state index contributed by atoms with van der Waals surface area (Å²) >= 11 is 0. The van der Waals surface area contributed by atoms with Gasteiger partial charge in [-0.05, 0) is 24.6 Å². The average molecular weight is 400 g/mol. The summed E-state index contributed by atoms with van der Waals surface area (Å²) in [4.78, 5) is 2.49. The molecule has 0 saturated carbocycles. The number of rotatable bonds is 9. The largest absolute Gasteiger partial charge is 0.296 e. The first-order chi connectivity index (χ1) is 14.0. The van der Waals surface area contributed by atoms with Crippen LogP contribution in [0.4, 0.5) is 0 Å². The van der Waals surface area contributed by atoms with Gasteiger partial charge in [0, 0.05) is 12.6 Å². The van der Waals surface area contributed by atoms with Crippen LogP contribution in [0.3, 0.4) is 0 Å². The molecule has 0 aromatic heterocycles. The quantitative estimate of drug-likeness (QED) is 0.387. The lowest BCUT2D eigenvalue weighted by atomic mass is 10.1. The summed E-state index contributed by atoms with van der Waals surface area (Å²) in [5, 5.41) is 1.55. The van der Waals surface area contributed by atoms with E-state index in [0.717, 1.165) is 6.54 Å². The van der Waals surface area contributed by atoms with E-state index in [1.165, 1.54) is 23.6 Å². The van der Waals surface area contributed by atoms with Crippen LogP contribution in [-0.2, 0) is 6.54 Å². The fourth-order valence-electron chi connectivity index (χ4n) is 3.78. The number of hydrogen-bond acceptors (Lipinski definition) is 1. The molecule has 0 heterocycles. The van der Waals surface area contributed by atoms with Gasteiger partial charge < -0.3 is 0 Å². The Balaban J connectivity index is 1.73. The van der Waals surface area contributed by atoms with Gasteiger partial charge in [-0.1, -0.05) is 127 Å². The molecular weight excluding hydrogens is 366 g/mol. The minimum Gasteiger partial charge on any atom is -0.296 e. The van der Waals surface area contributed by atoms with Crippen molar-refractivity contribution < 1.29 is 0 Å². The van der Waals surface area contributed by atoms with Gasteiger partial charge in [-0.25, -0.2) is 0 Å². The van der Waals surface area contributed by atoms with E-state index in [-0.39, 0.29) is 0 Å². The summed E-state index contributed by atoms with van der Waals surface area (Å²) in [7, 11) is 0.805. The third-order valence-corrected chi connectivity index (χ3v) is 9.21. The molecule has 0 N–H and O–H groups in total. The number of likely N-dealkylation sites (N-methyl/N-ethyl adjacent to an activating group) is 1. The fraction of sp³-hybridized carbons (Fsp3) is 0.259. The lowest BCUT2D eigenvalue weighted by molar-refractivity contribution is 0.268. The molecule has 0 radical (unpaired) electrons. The van der Waals surface area contributed by atoms with Crippen molar-refractivity contribution in [2.24, 2.45) is 0 Å². The number of nitrogens with zero attached hydrogens (tertiary/aromatic N) is 1. The molecule has 3 aromatic carbocycles. The van der Waals surface area contributed by atoms with Crippen molar-refractivity contribution in [1.82, 2.24) is 4.90 Å². The summed E-state index contributed by atoms with van der Waals surface area (Å²) in [5.74, 6) is 0. The van der Waals surface area contributed by atoms with Crippen molar-refractivity contribution in [2.45, 2.75) is 38.1 Å². The summed E-state index contributed by atoms with van der Waals surface area (Å²) < 4.78 is 0. The number of hydrogen-bond donors (Lipinski definition) is 0. The SMILES string of the molecule is CN(Cc1ccccc1)[C@H](/C=C/c1ccccc1)CC[Si](C)(C)c1ccccc1. The van der Waals surface area contributed by atoms with E-state index in [0.29, 0.717) is 6.04 Å². The van der Waals surface area contributed by atoms with E-state index in [9.17, 15) is 0 Å². The topological polar surface area (TPSA) is 3.24 Å². The molecule has 3 aromatic rings. The van der Waals surface area contributed by atoms with Crippen molar-refractivity contribution in [1.29, 1.82) is 0 Å². The maximum Gasteiger partial charge on any atom is 0.0807 e. The van der Waals surface area contributed by atoms with Crippen LogP contribution in [-0.4, -0.2) is 26.1 Å². The Hall–Kier alpha value is -2.42. The van der Waals surface area contributed by atoms with Gasteiger partial charge in [0.15, 0.2) is 0 Å². The Bertz CT molecular complexity index is 872. The molecule has 0 aliphatic rings. The van der Waals surface area contributed by atoms with E-state index in [4.69, 9.17) is 0 Å². The van der Waals surface area contributed by atoms with Crippen molar-refractivity contribution in [3.63, 3.8) is 0 Å². The molecule has 1 atom stereocenters. The van der Waals surface area contributed by atoms with E-state index >= 15 is 0 Å². The molecule has 0 aliphatic heterocycles. The van der Waals surface area contributed by atoms with Crippen LogP contribution in [0.5, 0.6) is 0 Å². The Morgan fingerprint density at radius 2 is 1.34 bits per heavy atom. The minimum absolute atomic E-state index is 0.422. The van der Waals surface area contributed by atoms with E-state index in [1.807, 2.05) is 0 Å². The molecule has 3 rings (SSSR count). The molecule has 0 aliphatic carbocycles. The maximum atomic E-state index is 2.50. The predicted molar refractivity (Wildman–Crippen MR) is 130 cm³/mol. The van der Waals surface area contributed by atoms with Crippen molar-refractivity contribution >= 4 is 19.3 Å². The third kappa shape index (κ3) is 6.55. The summed E-state index contributed by atoms with van der Waals surface area (Å²) in [5.41, 5.74) is 2.64. The highest BCUT2D eigenvalue weighted by Crippen LogP contribution is 2.20. The minimum atomic E-state index is -1.45. The van der Waals surface area contributed by atoms with Crippen LogP contribution < -0.4 is 5.19 Å². The first kappa shape index (κ1) is 21.3. The van der Waals surface area contributed by atoms with Crippen LogP contribution in [0.1, 0.15) is 17.5 Å². The van der Waals surface area contributed by atoms with Gasteiger partial charge in [-0.15, -0.1) is 0 Å². The summed E-state index contributed by atoms with van der Waals surface area (Å²) in [6.07, 6.45) is 5.86. The molecule has 1 nitrogen and oxygen atoms in total. The molecule has 0 spiro atoms. The standard InChI is InChI=1S/C27H33NSi/c1-28(23-25-15-9-5-10-16-25)26(20-19-24-13-7-4-8-14-24)21-22-29(2,3)27-17-11-6-12-18-27/h4-20,26H,21-23H2,1-3H3/b20-19+/t26-/m1/s1. The van der Waals surface area contributed by atoms with E-state index in [2.05, 4.69) is 128 Å².